The second-order valence-electron chi connectivity index (χ2n) is 6.16. The lowest BCUT2D eigenvalue weighted by Crippen LogP contribution is -2.30. The number of benzene rings is 1. The van der Waals surface area contributed by atoms with Crippen LogP contribution >= 0.6 is 0 Å². The third kappa shape index (κ3) is 6.45. The van der Waals surface area contributed by atoms with Gasteiger partial charge >= 0.3 is 0 Å². The van der Waals surface area contributed by atoms with E-state index in [9.17, 15) is 10.2 Å². The minimum absolute atomic E-state index is 0.0286. The molecular weight excluding hydrogens is 300 g/mol. The Morgan fingerprint density at radius 2 is 1.83 bits per heavy atom. The zero-order chi connectivity index (χ0) is 16.7. The number of rotatable bonds is 0. The fraction of sp³-hybridized carbons (Fsp3) is 0.647. The minimum atomic E-state index is -1.00. The van der Waals surface area contributed by atoms with E-state index in [0.29, 0.717) is 31.8 Å². The topological polar surface area (TPSA) is 77.4 Å². The predicted molar refractivity (Wildman–Crippen MR) is 84.0 cm³/mol. The Balaban J connectivity index is 2.03. The molecule has 0 amide bonds. The minimum Gasteiger partial charge on any atom is -0.488 e. The summed E-state index contributed by atoms with van der Waals surface area (Å²) in [4.78, 5) is 0. The highest BCUT2D eigenvalue weighted by atomic mass is 16.6. The Bertz CT molecular complexity index is 435. The van der Waals surface area contributed by atoms with Gasteiger partial charge in [0.1, 0.15) is 12.4 Å². The lowest BCUT2D eigenvalue weighted by Gasteiger charge is -2.26. The smallest absolute Gasteiger partial charge is 0.189 e. The summed E-state index contributed by atoms with van der Waals surface area (Å²) in [7, 11) is 0. The first-order valence-electron chi connectivity index (χ1n) is 7.90. The second-order valence-corrected chi connectivity index (χ2v) is 6.16. The van der Waals surface area contributed by atoms with Crippen molar-refractivity contribution in [2.24, 2.45) is 0 Å². The van der Waals surface area contributed by atoms with E-state index in [4.69, 9.17) is 18.9 Å². The van der Waals surface area contributed by atoms with E-state index in [1.165, 1.54) is 0 Å². The van der Waals surface area contributed by atoms with Gasteiger partial charge in [-0.25, -0.2) is 0 Å². The summed E-state index contributed by atoms with van der Waals surface area (Å²) in [6, 6.07) is 7.35. The molecule has 0 saturated heterocycles. The van der Waals surface area contributed by atoms with Gasteiger partial charge in [-0.1, -0.05) is 18.2 Å². The Labute approximate surface area is 136 Å². The Morgan fingerprint density at radius 3 is 2.65 bits per heavy atom. The van der Waals surface area contributed by atoms with Crippen LogP contribution in [0.15, 0.2) is 24.3 Å². The van der Waals surface area contributed by atoms with Crippen molar-refractivity contribution in [3.8, 4) is 5.75 Å². The van der Waals surface area contributed by atoms with Crippen molar-refractivity contribution in [2.75, 3.05) is 19.8 Å². The first-order chi connectivity index (χ1) is 11.0. The van der Waals surface area contributed by atoms with Crippen LogP contribution in [0.1, 0.15) is 32.3 Å². The number of hydrogen-bond donors (Lipinski definition) is 2. The molecule has 1 aliphatic rings. The molecule has 0 saturated carbocycles. The molecule has 6 nitrogen and oxygen atoms in total. The molecule has 0 bridgehead atoms. The van der Waals surface area contributed by atoms with Crippen LogP contribution in [0.2, 0.25) is 0 Å². The molecule has 2 unspecified atom stereocenters. The first kappa shape index (κ1) is 18.2. The molecule has 0 fully saturated rings. The van der Waals surface area contributed by atoms with Crippen molar-refractivity contribution in [2.45, 2.75) is 51.5 Å². The zero-order valence-electron chi connectivity index (χ0n) is 13.7. The van der Waals surface area contributed by atoms with E-state index in [0.717, 1.165) is 5.56 Å². The van der Waals surface area contributed by atoms with Crippen LogP contribution in [-0.2, 0) is 20.8 Å². The molecule has 130 valence electrons. The number of ether oxygens (including phenoxy) is 4. The maximum atomic E-state index is 9.90. The van der Waals surface area contributed by atoms with Gasteiger partial charge in [-0.05, 0) is 26.3 Å². The summed E-state index contributed by atoms with van der Waals surface area (Å²) in [6.45, 7) is 4.88. The van der Waals surface area contributed by atoms with Crippen LogP contribution in [0.25, 0.3) is 0 Å². The molecule has 6 heteroatoms. The molecule has 2 atom stereocenters. The highest BCUT2D eigenvalue weighted by Gasteiger charge is 2.20. The van der Waals surface area contributed by atoms with Crippen LogP contribution < -0.4 is 4.74 Å². The molecule has 1 aliphatic heterocycles. The van der Waals surface area contributed by atoms with Gasteiger partial charge < -0.3 is 29.2 Å². The summed E-state index contributed by atoms with van der Waals surface area (Å²) in [5.74, 6) is 0.605. The average Bonchev–Trinajstić information content (AvgIpc) is 2.51. The molecule has 0 aromatic heterocycles. The lowest BCUT2D eigenvalue weighted by molar-refractivity contribution is -0.142. The summed E-state index contributed by atoms with van der Waals surface area (Å²) >= 11 is 0. The average molecular weight is 326 g/mol. The van der Waals surface area contributed by atoms with Crippen LogP contribution in [0.3, 0.4) is 0 Å². The zero-order valence-corrected chi connectivity index (χ0v) is 13.7. The van der Waals surface area contributed by atoms with Gasteiger partial charge in [0.25, 0.3) is 0 Å². The van der Waals surface area contributed by atoms with Crippen molar-refractivity contribution in [3.63, 3.8) is 0 Å². The fourth-order valence-electron chi connectivity index (χ4n) is 2.19. The number of aliphatic hydroxyl groups excluding tert-OH is 2. The Morgan fingerprint density at radius 1 is 1.04 bits per heavy atom. The van der Waals surface area contributed by atoms with Crippen LogP contribution in [-0.4, -0.2) is 48.2 Å². The van der Waals surface area contributed by atoms with Crippen molar-refractivity contribution in [3.05, 3.63) is 29.8 Å². The summed E-state index contributed by atoms with van der Waals surface area (Å²) in [5, 5.41) is 19.8. The predicted octanol–water partition coefficient (Wildman–Crippen LogP) is 1.82. The highest BCUT2D eigenvalue weighted by Crippen LogP contribution is 2.21. The van der Waals surface area contributed by atoms with Gasteiger partial charge in [-0.3, -0.25) is 0 Å². The Kier molecular flexibility index (Phi) is 6.80. The van der Waals surface area contributed by atoms with E-state index < -0.39 is 18.2 Å². The standard InChI is InChI=1S/C17H26O6/c1-17(2)8-10-20-16(19)12-21-14-6-4-3-5-13(14)11-22-15(18)7-9-23-17/h3-6,15-16,18-19H,7-12H2,1-2H3. The molecule has 1 aromatic rings. The summed E-state index contributed by atoms with van der Waals surface area (Å²) in [6.07, 6.45) is -0.894. The quantitative estimate of drug-likeness (QED) is 0.757. The van der Waals surface area contributed by atoms with Crippen LogP contribution in [0.5, 0.6) is 5.75 Å². The second kappa shape index (κ2) is 8.61. The van der Waals surface area contributed by atoms with Crippen molar-refractivity contribution >= 4 is 0 Å². The van der Waals surface area contributed by atoms with Crippen molar-refractivity contribution in [1.82, 2.24) is 0 Å². The van der Waals surface area contributed by atoms with Gasteiger partial charge in [0, 0.05) is 12.0 Å². The van der Waals surface area contributed by atoms with Gasteiger partial charge in [0.15, 0.2) is 12.6 Å². The normalized spacial score (nSPS) is 27.1. The van der Waals surface area contributed by atoms with Crippen molar-refractivity contribution in [1.29, 1.82) is 0 Å². The maximum Gasteiger partial charge on any atom is 0.189 e. The number of aliphatic hydroxyl groups is 2. The summed E-state index contributed by atoms with van der Waals surface area (Å²) in [5.41, 5.74) is 0.401. The van der Waals surface area contributed by atoms with Crippen LogP contribution in [0, 0.1) is 0 Å². The molecule has 1 aromatic carbocycles. The van der Waals surface area contributed by atoms with E-state index in [2.05, 4.69) is 0 Å². The third-order valence-electron chi connectivity index (χ3n) is 3.66. The number of hydrogen-bond acceptors (Lipinski definition) is 6. The molecule has 0 spiro atoms. The van der Waals surface area contributed by atoms with Gasteiger partial charge in [0.2, 0.25) is 0 Å². The molecular formula is C17H26O6. The largest absolute Gasteiger partial charge is 0.488 e. The molecule has 2 rings (SSSR count). The number of para-hydroxylation sites is 1. The molecule has 0 aliphatic carbocycles. The van der Waals surface area contributed by atoms with Gasteiger partial charge in [0.05, 0.1) is 25.4 Å². The van der Waals surface area contributed by atoms with Gasteiger partial charge in [-0.2, -0.15) is 0 Å². The fourth-order valence-corrected chi connectivity index (χ4v) is 2.19. The van der Waals surface area contributed by atoms with E-state index >= 15 is 0 Å². The highest BCUT2D eigenvalue weighted by molar-refractivity contribution is 5.32. The van der Waals surface area contributed by atoms with Crippen molar-refractivity contribution < 1.29 is 29.2 Å². The molecule has 23 heavy (non-hydrogen) atoms. The maximum absolute atomic E-state index is 9.90. The third-order valence-corrected chi connectivity index (χ3v) is 3.66. The Hall–Kier alpha value is -1.18. The van der Waals surface area contributed by atoms with E-state index in [1.54, 1.807) is 6.07 Å². The van der Waals surface area contributed by atoms with Gasteiger partial charge in [-0.15, -0.1) is 0 Å². The molecule has 0 radical (unpaired) electrons. The van der Waals surface area contributed by atoms with Crippen LogP contribution in [0.4, 0.5) is 0 Å². The molecule has 1 heterocycles. The first-order valence-corrected chi connectivity index (χ1v) is 7.90. The van der Waals surface area contributed by atoms with E-state index in [1.807, 2.05) is 32.0 Å². The number of fused-ring (bicyclic) bond motifs is 1. The summed E-state index contributed by atoms with van der Waals surface area (Å²) < 4.78 is 22.1. The SMILES string of the molecule is CC1(C)CCOC(O)COc2ccccc2COC(O)CCO1. The molecule has 2 N–H and O–H groups in total. The van der Waals surface area contributed by atoms with E-state index in [-0.39, 0.29) is 13.2 Å². The monoisotopic (exact) mass is 326 g/mol. The lowest BCUT2D eigenvalue weighted by atomic mass is 10.1.